The van der Waals surface area contributed by atoms with Crippen molar-refractivity contribution < 1.29 is 13.2 Å². The first-order chi connectivity index (χ1) is 9.79. The van der Waals surface area contributed by atoms with Crippen LogP contribution in [0.15, 0.2) is 30.3 Å². The number of nitriles is 1. The van der Waals surface area contributed by atoms with Gasteiger partial charge >= 0.3 is 6.18 Å². The lowest BCUT2D eigenvalue weighted by Crippen LogP contribution is -2.08. The molecule has 0 aliphatic carbocycles. The molecule has 0 atom stereocenters. The first-order valence-corrected chi connectivity index (χ1v) is 5.99. The molecule has 8 heteroatoms. The minimum absolute atomic E-state index is 0.0890. The molecule has 0 saturated carbocycles. The van der Waals surface area contributed by atoms with E-state index in [0.717, 1.165) is 12.1 Å². The molecule has 1 aromatic carbocycles. The number of hydrogen-bond donors (Lipinski definition) is 2. The van der Waals surface area contributed by atoms with Crippen molar-refractivity contribution in [2.75, 3.05) is 11.1 Å². The lowest BCUT2D eigenvalue weighted by molar-refractivity contribution is -0.137. The van der Waals surface area contributed by atoms with Gasteiger partial charge in [-0.15, -0.1) is 0 Å². The number of benzene rings is 1. The van der Waals surface area contributed by atoms with Crippen molar-refractivity contribution >= 4 is 28.9 Å². The smallest absolute Gasteiger partial charge is 0.384 e. The summed E-state index contributed by atoms with van der Waals surface area (Å²) in [4.78, 5) is 3.77. The average Bonchev–Trinajstić information content (AvgIpc) is 2.39. The maximum absolute atomic E-state index is 12.7. The molecule has 108 valence electrons. The van der Waals surface area contributed by atoms with Crippen molar-refractivity contribution in [3.63, 3.8) is 0 Å². The van der Waals surface area contributed by atoms with Gasteiger partial charge in [0.1, 0.15) is 11.6 Å². The van der Waals surface area contributed by atoms with Gasteiger partial charge in [0.15, 0.2) is 0 Å². The van der Waals surface area contributed by atoms with Gasteiger partial charge in [0.05, 0.1) is 27.9 Å². The molecule has 1 heterocycles. The number of anilines is 3. The zero-order valence-electron chi connectivity index (χ0n) is 10.4. The number of aromatic nitrogens is 1. The molecule has 1 aromatic heterocycles. The number of nitrogens with two attached hydrogens (primary N) is 1. The topological polar surface area (TPSA) is 74.7 Å². The molecule has 0 aliphatic rings. The number of rotatable bonds is 2. The molecule has 0 spiro atoms. The number of alkyl halides is 3. The summed E-state index contributed by atoms with van der Waals surface area (Å²) < 4.78 is 38.1. The summed E-state index contributed by atoms with van der Waals surface area (Å²) >= 11 is 5.93. The Hall–Kier alpha value is -2.46. The van der Waals surface area contributed by atoms with Crippen LogP contribution < -0.4 is 11.1 Å². The Kier molecular flexibility index (Phi) is 3.91. The van der Waals surface area contributed by atoms with E-state index >= 15 is 0 Å². The van der Waals surface area contributed by atoms with Crippen molar-refractivity contribution in [1.82, 2.24) is 4.98 Å². The van der Waals surface area contributed by atoms with Gasteiger partial charge in [-0.3, -0.25) is 0 Å². The highest BCUT2D eigenvalue weighted by molar-refractivity contribution is 6.33. The highest BCUT2D eigenvalue weighted by Gasteiger charge is 2.31. The molecule has 4 nitrogen and oxygen atoms in total. The summed E-state index contributed by atoms with van der Waals surface area (Å²) in [5.41, 5.74) is 5.11. The Bertz CT molecular complexity index is 722. The lowest BCUT2D eigenvalue weighted by Gasteiger charge is -2.12. The summed E-state index contributed by atoms with van der Waals surface area (Å²) in [6.45, 7) is 0. The van der Waals surface area contributed by atoms with Crippen molar-refractivity contribution in [1.29, 1.82) is 5.26 Å². The van der Waals surface area contributed by atoms with E-state index in [1.54, 1.807) is 0 Å². The van der Waals surface area contributed by atoms with Crippen molar-refractivity contribution in [2.45, 2.75) is 6.18 Å². The van der Waals surface area contributed by atoms with Crippen LogP contribution in [0.1, 0.15) is 11.1 Å². The van der Waals surface area contributed by atoms with Crippen molar-refractivity contribution in [3.8, 4) is 6.07 Å². The van der Waals surface area contributed by atoms with Crippen LogP contribution in [0.4, 0.5) is 30.5 Å². The molecule has 0 amide bonds. The summed E-state index contributed by atoms with van der Waals surface area (Å²) in [5, 5.41) is 11.6. The van der Waals surface area contributed by atoms with E-state index in [1.165, 1.54) is 18.2 Å². The van der Waals surface area contributed by atoms with E-state index in [1.807, 2.05) is 6.07 Å². The van der Waals surface area contributed by atoms with E-state index in [9.17, 15) is 13.2 Å². The normalized spacial score (nSPS) is 11.0. The molecule has 0 radical (unpaired) electrons. The minimum Gasteiger partial charge on any atom is -0.384 e. The van der Waals surface area contributed by atoms with E-state index in [2.05, 4.69) is 10.3 Å². The van der Waals surface area contributed by atoms with Crippen LogP contribution in [-0.2, 0) is 6.18 Å². The predicted molar refractivity (Wildman–Crippen MR) is 73.1 cm³/mol. The van der Waals surface area contributed by atoms with Crippen molar-refractivity contribution in [3.05, 3.63) is 46.5 Å². The first kappa shape index (κ1) is 14.9. The van der Waals surface area contributed by atoms with Gasteiger partial charge in [-0.1, -0.05) is 11.6 Å². The zero-order chi connectivity index (χ0) is 15.6. The molecule has 2 rings (SSSR count). The SMILES string of the molecule is N#Cc1ccc(Nc2cc(C(F)(F)F)cc(N)n2)c(Cl)c1. The lowest BCUT2D eigenvalue weighted by atomic mass is 10.2. The van der Waals surface area contributed by atoms with Crippen LogP contribution >= 0.6 is 11.6 Å². The van der Waals surface area contributed by atoms with Crippen LogP contribution in [0.5, 0.6) is 0 Å². The molecule has 0 fully saturated rings. The van der Waals surface area contributed by atoms with E-state index in [-0.39, 0.29) is 16.7 Å². The third-order valence-corrected chi connectivity index (χ3v) is 2.85. The second-order valence-electron chi connectivity index (χ2n) is 4.10. The Morgan fingerprint density at radius 1 is 1.24 bits per heavy atom. The Balaban J connectivity index is 2.36. The standard InChI is InChI=1S/C13H8ClF3N4/c14-9-3-7(6-18)1-2-10(9)20-12-5-8(13(15,16)17)4-11(19)21-12/h1-5H,(H3,19,20,21). The Morgan fingerprint density at radius 2 is 1.95 bits per heavy atom. The Morgan fingerprint density at radius 3 is 2.52 bits per heavy atom. The minimum atomic E-state index is -4.53. The van der Waals surface area contributed by atoms with E-state index in [0.29, 0.717) is 11.3 Å². The molecule has 21 heavy (non-hydrogen) atoms. The third kappa shape index (κ3) is 3.55. The molecular formula is C13H8ClF3N4. The molecule has 2 aromatic rings. The average molecular weight is 313 g/mol. The predicted octanol–water partition coefficient (Wildman–Crippen LogP) is 3.95. The first-order valence-electron chi connectivity index (χ1n) is 5.61. The summed E-state index contributed by atoms with van der Waals surface area (Å²) in [7, 11) is 0. The van der Waals surface area contributed by atoms with E-state index in [4.69, 9.17) is 22.6 Å². The number of nitrogens with zero attached hydrogens (tertiary/aromatic N) is 2. The fourth-order valence-electron chi connectivity index (χ4n) is 1.60. The number of nitrogens with one attached hydrogen (secondary N) is 1. The van der Waals surface area contributed by atoms with Gasteiger partial charge in [-0.25, -0.2) is 4.98 Å². The van der Waals surface area contributed by atoms with E-state index < -0.39 is 11.7 Å². The second-order valence-corrected chi connectivity index (χ2v) is 4.50. The Labute approximate surface area is 123 Å². The molecule has 0 aliphatic heterocycles. The van der Waals surface area contributed by atoms with Gasteiger partial charge in [0.25, 0.3) is 0 Å². The van der Waals surface area contributed by atoms with Gasteiger partial charge < -0.3 is 11.1 Å². The molecular weight excluding hydrogens is 305 g/mol. The summed E-state index contributed by atoms with van der Waals surface area (Å²) in [6, 6.07) is 7.80. The number of halogens is 4. The van der Waals surface area contributed by atoms with Crippen LogP contribution in [0.25, 0.3) is 0 Å². The molecule has 3 N–H and O–H groups in total. The summed E-state index contributed by atoms with van der Waals surface area (Å²) in [5.74, 6) is -0.356. The maximum Gasteiger partial charge on any atom is 0.416 e. The molecule has 0 saturated heterocycles. The zero-order valence-corrected chi connectivity index (χ0v) is 11.1. The van der Waals surface area contributed by atoms with Gasteiger partial charge in [0, 0.05) is 0 Å². The molecule has 0 bridgehead atoms. The van der Waals surface area contributed by atoms with Gasteiger partial charge in [-0.05, 0) is 30.3 Å². The highest BCUT2D eigenvalue weighted by atomic mass is 35.5. The van der Waals surface area contributed by atoms with Crippen LogP contribution in [0.3, 0.4) is 0 Å². The highest BCUT2D eigenvalue weighted by Crippen LogP contribution is 2.33. The number of hydrogen-bond acceptors (Lipinski definition) is 4. The largest absolute Gasteiger partial charge is 0.416 e. The number of pyridine rings is 1. The summed E-state index contributed by atoms with van der Waals surface area (Å²) in [6.07, 6.45) is -4.53. The molecule has 0 unspecified atom stereocenters. The van der Waals surface area contributed by atoms with Gasteiger partial charge in [-0.2, -0.15) is 18.4 Å². The van der Waals surface area contributed by atoms with Crippen LogP contribution in [-0.4, -0.2) is 4.98 Å². The fraction of sp³-hybridized carbons (Fsp3) is 0.0769. The monoisotopic (exact) mass is 312 g/mol. The van der Waals surface area contributed by atoms with Crippen LogP contribution in [0.2, 0.25) is 5.02 Å². The third-order valence-electron chi connectivity index (χ3n) is 2.53. The fourth-order valence-corrected chi connectivity index (χ4v) is 1.83. The van der Waals surface area contributed by atoms with Crippen LogP contribution in [0, 0.1) is 11.3 Å². The number of nitrogen functional groups attached to an aromatic ring is 1. The van der Waals surface area contributed by atoms with Crippen molar-refractivity contribution in [2.24, 2.45) is 0 Å². The maximum atomic E-state index is 12.7. The van der Waals surface area contributed by atoms with Gasteiger partial charge in [0.2, 0.25) is 0 Å². The second kappa shape index (κ2) is 5.50. The quantitative estimate of drug-likeness (QED) is 0.880.